The average Bonchev–Trinajstić information content (AvgIpc) is 3.10. The van der Waals surface area contributed by atoms with Gasteiger partial charge in [-0.05, 0) is 54.8 Å². The molecular weight excluding hydrogens is 412 g/mol. The van der Waals surface area contributed by atoms with Crippen LogP contribution in [0.2, 0.25) is 0 Å². The number of hydrogen-bond donors (Lipinski definition) is 1. The minimum absolute atomic E-state index is 0.0114. The third-order valence-corrected chi connectivity index (χ3v) is 5.49. The Morgan fingerprint density at radius 1 is 1.16 bits per heavy atom. The summed E-state index contributed by atoms with van der Waals surface area (Å²) in [6.07, 6.45) is 0.383. The second kappa shape index (κ2) is 10.8. The maximum atomic E-state index is 15.3. The molecule has 2 amide bonds. The summed E-state index contributed by atoms with van der Waals surface area (Å²) < 4.78 is 34.3. The van der Waals surface area contributed by atoms with E-state index in [0.717, 1.165) is 16.9 Å². The van der Waals surface area contributed by atoms with Gasteiger partial charge in [0.05, 0.1) is 13.2 Å². The van der Waals surface area contributed by atoms with E-state index in [1.165, 1.54) is 17.0 Å². The van der Waals surface area contributed by atoms with Crippen molar-refractivity contribution in [3.05, 3.63) is 65.5 Å². The summed E-state index contributed by atoms with van der Waals surface area (Å²) >= 11 is 0. The second-order valence-electron chi connectivity index (χ2n) is 9.13. The molecule has 1 heterocycles. The highest BCUT2D eigenvalue weighted by molar-refractivity contribution is 5.74. The number of alkyl halides is 1. The predicted molar refractivity (Wildman–Crippen MR) is 122 cm³/mol. The highest BCUT2D eigenvalue weighted by Gasteiger charge is 2.39. The fraction of sp³-hybridized carbons (Fsp3) is 0.480. The van der Waals surface area contributed by atoms with E-state index >= 15 is 4.39 Å². The Labute approximate surface area is 189 Å². The highest BCUT2D eigenvalue weighted by Crippen LogP contribution is 2.26. The van der Waals surface area contributed by atoms with Gasteiger partial charge in [0.2, 0.25) is 0 Å². The molecule has 0 aliphatic carbocycles. The van der Waals surface area contributed by atoms with Gasteiger partial charge in [0.1, 0.15) is 17.2 Å². The highest BCUT2D eigenvalue weighted by atomic mass is 19.1. The van der Waals surface area contributed by atoms with Crippen molar-refractivity contribution < 1.29 is 18.3 Å². The smallest absolute Gasteiger partial charge is 0.318 e. The lowest BCUT2D eigenvalue weighted by molar-refractivity contribution is 0.107. The van der Waals surface area contributed by atoms with Crippen LogP contribution in [0.1, 0.15) is 31.4 Å². The number of ether oxygens (including phenoxy) is 1. The molecule has 0 saturated carbocycles. The topological polar surface area (TPSA) is 44.8 Å². The Morgan fingerprint density at radius 2 is 1.81 bits per heavy atom. The van der Waals surface area contributed by atoms with Crippen molar-refractivity contribution in [1.29, 1.82) is 0 Å². The van der Waals surface area contributed by atoms with Crippen LogP contribution in [-0.2, 0) is 13.1 Å². The number of benzene rings is 2. The number of rotatable bonds is 9. The van der Waals surface area contributed by atoms with Crippen LogP contribution in [0.3, 0.4) is 0 Å². The van der Waals surface area contributed by atoms with Crippen LogP contribution in [-0.4, -0.2) is 54.8 Å². The van der Waals surface area contributed by atoms with Crippen molar-refractivity contribution in [1.82, 2.24) is 15.1 Å². The standard InChI is InChI=1S/C25H33F2N3O2/c1-19(2)16-32-23-10-6-20(7-11-23)14-28-24(31)30(15-21-4-8-22(26)9-5-21)18-25(27)12-13-29(3)17-25/h4-11,19H,12-18H2,1-3H3,(H,28,31). The summed E-state index contributed by atoms with van der Waals surface area (Å²) in [6.45, 7) is 6.30. The molecule has 1 N–H and O–H groups in total. The number of halogens is 2. The van der Waals surface area contributed by atoms with Gasteiger partial charge in [0, 0.05) is 26.2 Å². The molecule has 1 atom stereocenters. The minimum Gasteiger partial charge on any atom is -0.493 e. The summed E-state index contributed by atoms with van der Waals surface area (Å²) in [4.78, 5) is 16.4. The minimum atomic E-state index is -1.46. The van der Waals surface area contributed by atoms with Crippen LogP contribution in [0.25, 0.3) is 0 Å². The van der Waals surface area contributed by atoms with Crippen molar-refractivity contribution in [2.75, 3.05) is 33.3 Å². The number of amides is 2. The van der Waals surface area contributed by atoms with E-state index in [9.17, 15) is 9.18 Å². The zero-order chi connectivity index (χ0) is 23.1. The molecule has 1 aliphatic rings. The summed E-state index contributed by atoms with van der Waals surface area (Å²) in [7, 11) is 1.88. The Bertz CT molecular complexity index is 874. The van der Waals surface area contributed by atoms with Crippen LogP contribution in [0.5, 0.6) is 5.75 Å². The number of carbonyl (C=O) groups is 1. The van der Waals surface area contributed by atoms with E-state index in [-0.39, 0.29) is 31.5 Å². The second-order valence-corrected chi connectivity index (χ2v) is 9.13. The van der Waals surface area contributed by atoms with Gasteiger partial charge >= 0.3 is 6.03 Å². The number of nitrogens with one attached hydrogen (secondary N) is 1. The molecule has 0 bridgehead atoms. The Balaban J connectivity index is 1.62. The quantitative estimate of drug-likeness (QED) is 0.613. The Hall–Kier alpha value is -2.67. The number of urea groups is 1. The summed E-state index contributed by atoms with van der Waals surface area (Å²) in [5, 5.41) is 2.89. The number of nitrogens with zero attached hydrogens (tertiary/aromatic N) is 2. The van der Waals surface area contributed by atoms with Crippen molar-refractivity contribution >= 4 is 6.03 Å². The average molecular weight is 446 g/mol. The van der Waals surface area contributed by atoms with E-state index < -0.39 is 5.67 Å². The van der Waals surface area contributed by atoms with Crippen LogP contribution in [0, 0.1) is 11.7 Å². The lowest BCUT2D eigenvalue weighted by Gasteiger charge is -2.30. The fourth-order valence-electron chi connectivity index (χ4n) is 3.77. The maximum absolute atomic E-state index is 15.3. The van der Waals surface area contributed by atoms with E-state index in [1.54, 1.807) is 12.1 Å². The SMILES string of the molecule is CC(C)COc1ccc(CNC(=O)N(Cc2ccc(F)cc2)CC2(F)CCN(C)C2)cc1. The van der Waals surface area contributed by atoms with Gasteiger partial charge in [0.15, 0.2) is 0 Å². The molecule has 1 fully saturated rings. The van der Waals surface area contributed by atoms with E-state index in [2.05, 4.69) is 19.2 Å². The molecule has 2 aromatic carbocycles. The van der Waals surface area contributed by atoms with Gasteiger partial charge in [-0.2, -0.15) is 0 Å². The third-order valence-electron chi connectivity index (χ3n) is 5.49. The third kappa shape index (κ3) is 7.19. The summed E-state index contributed by atoms with van der Waals surface area (Å²) in [6, 6.07) is 13.2. The first kappa shape index (κ1) is 24.0. The molecule has 174 valence electrons. The van der Waals surface area contributed by atoms with Crippen molar-refractivity contribution in [2.45, 2.75) is 39.0 Å². The van der Waals surface area contributed by atoms with Gasteiger partial charge in [-0.15, -0.1) is 0 Å². The molecule has 1 unspecified atom stereocenters. The number of hydrogen-bond acceptors (Lipinski definition) is 3. The molecule has 1 saturated heterocycles. The lowest BCUT2D eigenvalue weighted by atomic mass is 10.0. The molecule has 0 radical (unpaired) electrons. The van der Waals surface area contributed by atoms with Crippen molar-refractivity contribution in [2.24, 2.45) is 5.92 Å². The van der Waals surface area contributed by atoms with E-state index in [4.69, 9.17) is 4.74 Å². The Morgan fingerprint density at radius 3 is 2.41 bits per heavy atom. The first-order chi connectivity index (χ1) is 15.2. The molecule has 2 aromatic rings. The zero-order valence-corrected chi connectivity index (χ0v) is 19.1. The van der Waals surface area contributed by atoms with Crippen LogP contribution in [0.4, 0.5) is 13.6 Å². The Kier molecular flexibility index (Phi) is 8.07. The van der Waals surface area contributed by atoms with Crippen molar-refractivity contribution in [3.8, 4) is 5.75 Å². The van der Waals surface area contributed by atoms with Crippen LogP contribution in [0.15, 0.2) is 48.5 Å². The molecular formula is C25H33F2N3O2. The lowest BCUT2D eigenvalue weighted by Crippen LogP contribution is -2.47. The molecule has 0 spiro atoms. The van der Waals surface area contributed by atoms with Gasteiger partial charge < -0.3 is 19.9 Å². The molecule has 1 aliphatic heterocycles. The number of likely N-dealkylation sites (tertiary alicyclic amines) is 1. The summed E-state index contributed by atoms with van der Waals surface area (Å²) in [5.41, 5.74) is 0.220. The largest absolute Gasteiger partial charge is 0.493 e. The molecule has 5 nitrogen and oxygen atoms in total. The van der Waals surface area contributed by atoms with Crippen LogP contribution < -0.4 is 10.1 Å². The van der Waals surface area contributed by atoms with E-state index in [0.29, 0.717) is 32.0 Å². The van der Waals surface area contributed by atoms with Gasteiger partial charge in [0.25, 0.3) is 0 Å². The first-order valence-corrected chi connectivity index (χ1v) is 11.1. The van der Waals surface area contributed by atoms with Gasteiger partial charge in [-0.3, -0.25) is 0 Å². The first-order valence-electron chi connectivity index (χ1n) is 11.1. The van der Waals surface area contributed by atoms with Crippen molar-refractivity contribution in [3.63, 3.8) is 0 Å². The number of carbonyl (C=O) groups excluding carboxylic acids is 1. The molecule has 7 heteroatoms. The monoisotopic (exact) mass is 445 g/mol. The van der Waals surface area contributed by atoms with E-state index in [1.807, 2.05) is 36.2 Å². The van der Waals surface area contributed by atoms with Gasteiger partial charge in [-0.1, -0.05) is 38.1 Å². The fourth-order valence-corrected chi connectivity index (χ4v) is 3.77. The molecule has 0 aromatic heterocycles. The van der Waals surface area contributed by atoms with Gasteiger partial charge in [-0.25, -0.2) is 13.6 Å². The maximum Gasteiger partial charge on any atom is 0.318 e. The molecule has 32 heavy (non-hydrogen) atoms. The normalized spacial score (nSPS) is 18.7. The molecule has 3 rings (SSSR count). The zero-order valence-electron chi connectivity index (χ0n) is 19.1. The predicted octanol–water partition coefficient (Wildman–Crippen LogP) is 4.62. The van der Waals surface area contributed by atoms with Crippen LogP contribution >= 0.6 is 0 Å². The summed E-state index contributed by atoms with van der Waals surface area (Å²) in [5.74, 6) is 0.890.